The highest BCUT2D eigenvalue weighted by atomic mass is 32.1. The Morgan fingerprint density at radius 3 is 2.54 bits per heavy atom. The van der Waals surface area contributed by atoms with Crippen LogP contribution in [-0.4, -0.2) is 65.0 Å². The molecule has 5 rings (SSSR count). The van der Waals surface area contributed by atoms with E-state index in [2.05, 4.69) is 32.8 Å². The lowest BCUT2D eigenvalue weighted by atomic mass is 10.1. The fourth-order valence-corrected chi connectivity index (χ4v) is 4.27. The molecule has 1 aliphatic heterocycles. The summed E-state index contributed by atoms with van der Waals surface area (Å²) in [4.78, 5) is 26.2. The number of aromatic nitrogens is 2. The number of pyridine rings is 1. The van der Waals surface area contributed by atoms with Crippen molar-refractivity contribution in [1.82, 2.24) is 25.1 Å². The third-order valence-electron chi connectivity index (χ3n) is 6.57. The van der Waals surface area contributed by atoms with E-state index in [0.717, 1.165) is 47.0 Å². The number of carbonyl (C=O) groups is 1. The highest BCUT2D eigenvalue weighted by Crippen LogP contribution is 2.24. The Balaban J connectivity index is 0.000000245. The zero-order valence-electron chi connectivity index (χ0n) is 21.7. The number of hydrogen-bond donors (Lipinski definition) is 3. The number of thiol groups is 1. The molecule has 9 nitrogen and oxygen atoms in total. The summed E-state index contributed by atoms with van der Waals surface area (Å²) in [5.74, 6) is 1.98. The van der Waals surface area contributed by atoms with Crippen molar-refractivity contribution in [2.75, 3.05) is 39.0 Å². The fraction of sp³-hybridized carbons (Fsp3) is 0.444. The van der Waals surface area contributed by atoms with E-state index in [4.69, 9.17) is 14.9 Å². The van der Waals surface area contributed by atoms with E-state index >= 15 is 0 Å². The van der Waals surface area contributed by atoms with Crippen molar-refractivity contribution < 1.29 is 13.9 Å². The van der Waals surface area contributed by atoms with E-state index in [1.807, 2.05) is 43.0 Å². The summed E-state index contributed by atoms with van der Waals surface area (Å²) >= 11 is 4.34. The van der Waals surface area contributed by atoms with Crippen molar-refractivity contribution in [2.24, 2.45) is 0 Å². The minimum absolute atomic E-state index is 0.0630. The predicted molar refractivity (Wildman–Crippen MR) is 146 cm³/mol. The number of nitrogens with zero attached hydrogens (tertiary/aromatic N) is 4. The van der Waals surface area contributed by atoms with Crippen molar-refractivity contribution in [3.63, 3.8) is 0 Å². The first-order valence-electron chi connectivity index (χ1n) is 12.6. The molecular formula is C27H36N6O3S. The number of ether oxygens (including phenoxy) is 1. The van der Waals surface area contributed by atoms with Crippen LogP contribution >= 0.6 is 12.6 Å². The lowest BCUT2D eigenvalue weighted by Crippen LogP contribution is -2.48. The van der Waals surface area contributed by atoms with Crippen LogP contribution in [-0.2, 0) is 13.1 Å². The highest BCUT2D eigenvalue weighted by molar-refractivity contribution is 7.80. The van der Waals surface area contributed by atoms with E-state index in [1.54, 1.807) is 13.3 Å². The number of methoxy groups -OCH3 is 1. The molecule has 0 unspecified atom stereocenters. The fourth-order valence-electron chi connectivity index (χ4n) is 4.14. The minimum Gasteiger partial charge on any atom is -0.497 e. The highest BCUT2D eigenvalue weighted by Gasteiger charge is 2.25. The van der Waals surface area contributed by atoms with Gasteiger partial charge in [-0.05, 0) is 56.0 Å². The molecule has 0 bridgehead atoms. The molecule has 37 heavy (non-hydrogen) atoms. The number of rotatable bonds is 7. The number of aryl methyl sites for hydroxylation is 2. The SMILES string of the molecule is COc1cc(C)c(S)c(C)c1.Nc1ncccc1CN1CCN(C(=O)c2coc(CNC3CC3)n2)CC1. The summed E-state index contributed by atoms with van der Waals surface area (Å²) in [5, 5.41) is 3.34. The van der Waals surface area contributed by atoms with Gasteiger partial charge in [-0.25, -0.2) is 9.97 Å². The van der Waals surface area contributed by atoms with Crippen LogP contribution in [0.25, 0.3) is 0 Å². The Labute approximate surface area is 223 Å². The summed E-state index contributed by atoms with van der Waals surface area (Å²) in [7, 11) is 1.67. The van der Waals surface area contributed by atoms with E-state index in [1.165, 1.54) is 19.1 Å². The number of oxazole rings is 1. The van der Waals surface area contributed by atoms with Crippen LogP contribution in [0.1, 0.15) is 45.9 Å². The zero-order valence-corrected chi connectivity index (χ0v) is 22.6. The van der Waals surface area contributed by atoms with Gasteiger partial charge in [-0.15, -0.1) is 12.6 Å². The molecule has 1 aliphatic carbocycles. The number of benzene rings is 1. The van der Waals surface area contributed by atoms with Crippen LogP contribution in [0.3, 0.4) is 0 Å². The van der Waals surface area contributed by atoms with Gasteiger partial charge in [0.1, 0.15) is 17.8 Å². The number of nitrogen functional groups attached to an aromatic ring is 1. The maximum atomic E-state index is 12.6. The average Bonchev–Trinajstić information content (AvgIpc) is 3.62. The normalized spacial score (nSPS) is 15.7. The van der Waals surface area contributed by atoms with Gasteiger partial charge < -0.3 is 25.1 Å². The van der Waals surface area contributed by atoms with Crippen molar-refractivity contribution in [2.45, 2.75) is 50.7 Å². The van der Waals surface area contributed by atoms with Crippen LogP contribution in [0.4, 0.5) is 5.82 Å². The minimum atomic E-state index is -0.0630. The third kappa shape index (κ3) is 7.47. The Morgan fingerprint density at radius 1 is 1.22 bits per heavy atom. The van der Waals surface area contributed by atoms with Crippen LogP contribution in [0.15, 0.2) is 46.0 Å². The van der Waals surface area contributed by atoms with Gasteiger partial charge in [-0.3, -0.25) is 9.69 Å². The summed E-state index contributed by atoms with van der Waals surface area (Å²) in [5.41, 5.74) is 9.64. The Morgan fingerprint density at radius 2 is 1.92 bits per heavy atom. The van der Waals surface area contributed by atoms with E-state index in [0.29, 0.717) is 43.1 Å². The molecule has 10 heteroatoms. The lowest BCUT2D eigenvalue weighted by Gasteiger charge is -2.34. The molecule has 3 heterocycles. The lowest BCUT2D eigenvalue weighted by molar-refractivity contribution is 0.0622. The summed E-state index contributed by atoms with van der Waals surface area (Å²) in [6, 6.07) is 8.44. The van der Waals surface area contributed by atoms with Gasteiger partial charge in [0.15, 0.2) is 5.69 Å². The molecule has 198 valence electrons. The summed E-state index contributed by atoms with van der Waals surface area (Å²) < 4.78 is 10.5. The molecular weight excluding hydrogens is 488 g/mol. The standard InChI is InChI=1S/C18H24N6O2.C9H12OS/c19-17-13(2-1-5-20-17)11-23-6-8-24(9-7-23)18(25)15-12-26-16(22-15)10-21-14-3-4-14;1-6-4-8(10-3)5-7(2)9(6)11/h1-2,5,12,14,21H,3-4,6-11H2,(H2,19,20);4-5,11H,1-3H3. The Hall–Kier alpha value is -3.08. The number of piperazine rings is 1. The second-order valence-corrected chi connectivity index (χ2v) is 9.95. The van der Waals surface area contributed by atoms with Gasteiger partial charge in [0.2, 0.25) is 5.89 Å². The maximum Gasteiger partial charge on any atom is 0.275 e. The van der Waals surface area contributed by atoms with Gasteiger partial charge in [-0.1, -0.05) is 6.07 Å². The number of carbonyl (C=O) groups excluding carboxylic acids is 1. The van der Waals surface area contributed by atoms with Gasteiger partial charge in [0.25, 0.3) is 5.91 Å². The monoisotopic (exact) mass is 524 g/mol. The van der Waals surface area contributed by atoms with Gasteiger partial charge in [-0.2, -0.15) is 0 Å². The van der Waals surface area contributed by atoms with Crippen LogP contribution in [0.5, 0.6) is 5.75 Å². The molecule has 0 radical (unpaired) electrons. The molecule has 2 aliphatic rings. The quantitative estimate of drug-likeness (QED) is 0.403. The van der Waals surface area contributed by atoms with Crippen molar-refractivity contribution in [3.05, 3.63) is 65.0 Å². The third-order valence-corrected chi connectivity index (χ3v) is 7.28. The molecule has 1 amide bonds. The summed E-state index contributed by atoms with van der Waals surface area (Å²) in [6.45, 7) is 8.32. The predicted octanol–water partition coefficient (Wildman–Crippen LogP) is 3.46. The molecule has 0 atom stereocenters. The van der Waals surface area contributed by atoms with Gasteiger partial charge in [0.05, 0.1) is 13.7 Å². The molecule has 1 aromatic carbocycles. The second kappa shape index (κ2) is 12.4. The maximum absolute atomic E-state index is 12.6. The van der Waals surface area contributed by atoms with Crippen LogP contribution in [0, 0.1) is 13.8 Å². The van der Waals surface area contributed by atoms with Gasteiger partial charge in [0, 0.05) is 55.4 Å². The number of anilines is 1. The van der Waals surface area contributed by atoms with E-state index < -0.39 is 0 Å². The molecule has 0 spiro atoms. The zero-order chi connectivity index (χ0) is 26.4. The molecule has 1 saturated heterocycles. The number of nitrogens with two attached hydrogens (primary N) is 1. The number of nitrogens with one attached hydrogen (secondary N) is 1. The molecule has 2 aromatic heterocycles. The first kappa shape index (κ1) is 27.0. The molecule has 1 saturated carbocycles. The number of amides is 1. The first-order valence-corrected chi connectivity index (χ1v) is 13.0. The molecule has 2 fully saturated rings. The smallest absolute Gasteiger partial charge is 0.275 e. The largest absolute Gasteiger partial charge is 0.497 e. The second-order valence-electron chi connectivity index (χ2n) is 9.51. The number of hydrogen-bond acceptors (Lipinski definition) is 9. The topological polar surface area (TPSA) is 110 Å². The van der Waals surface area contributed by atoms with Crippen molar-refractivity contribution in [3.8, 4) is 5.75 Å². The summed E-state index contributed by atoms with van der Waals surface area (Å²) in [6.07, 6.45) is 5.58. The van der Waals surface area contributed by atoms with Crippen LogP contribution < -0.4 is 15.8 Å². The molecule has 3 aromatic rings. The van der Waals surface area contributed by atoms with Crippen molar-refractivity contribution >= 4 is 24.4 Å². The average molecular weight is 525 g/mol. The van der Waals surface area contributed by atoms with E-state index in [-0.39, 0.29) is 5.91 Å². The van der Waals surface area contributed by atoms with E-state index in [9.17, 15) is 4.79 Å². The van der Waals surface area contributed by atoms with Crippen molar-refractivity contribution in [1.29, 1.82) is 0 Å². The molecule has 3 N–H and O–H groups in total. The Bertz CT molecular complexity index is 1180. The Kier molecular flexibility index (Phi) is 9.07. The van der Waals surface area contributed by atoms with Gasteiger partial charge >= 0.3 is 0 Å². The first-order chi connectivity index (χ1) is 17.8. The van der Waals surface area contributed by atoms with Crippen LogP contribution in [0.2, 0.25) is 0 Å².